The van der Waals surface area contributed by atoms with Gasteiger partial charge in [0.05, 0.1) is 0 Å². The average molecular weight is 207 g/mol. The molecule has 82 valence electrons. The number of hydrogen-bond donors (Lipinski definition) is 1. The largest absolute Gasteiger partial charge is 0.399 e. The summed E-state index contributed by atoms with van der Waals surface area (Å²) in [6.45, 7) is 0.595. The first-order valence-electron chi connectivity index (χ1n) is 4.77. The van der Waals surface area contributed by atoms with Crippen LogP contribution in [0.1, 0.15) is 5.56 Å². The van der Waals surface area contributed by atoms with Crippen LogP contribution in [0.4, 0.5) is 10.5 Å². The van der Waals surface area contributed by atoms with E-state index in [9.17, 15) is 4.79 Å². The number of nitrogen functional groups attached to an aromatic ring is 1. The second kappa shape index (κ2) is 4.68. The lowest BCUT2D eigenvalue weighted by atomic mass is 10.2. The zero-order chi connectivity index (χ0) is 11.4. The van der Waals surface area contributed by atoms with E-state index in [2.05, 4.69) is 0 Å². The highest BCUT2D eigenvalue weighted by atomic mass is 16.2. The molecule has 0 heterocycles. The fourth-order valence-corrected chi connectivity index (χ4v) is 1.31. The number of hydrogen-bond acceptors (Lipinski definition) is 2. The lowest BCUT2D eigenvalue weighted by molar-refractivity contribution is 0.180. The molecule has 0 spiro atoms. The van der Waals surface area contributed by atoms with Gasteiger partial charge in [0, 0.05) is 33.4 Å². The molecule has 0 saturated heterocycles. The second-order valence-electron chi connectivity index (χ2n) is 3.77. The summed E-state index contributed by atoms with van der Waals surface area (Å²) in [7, 11) is 5.25. The van der Waals surface area contributed by atoms with Crippen LogP contribution < -0.4 is 5.73 Å². The molecule has 4 heteroatoms. The maximum Gasteiger partial charge on any atom is 0.319 e. The minimum atomic E-state index is -0.00757. The molecule has 0 aromatic heterocycles. The molecule has 1 aromatic rings. The van der Waals surface area contributed by atoms with Crippen LogP contribution in [-0.2, 0) is 6.54 Å². The number of nitrogens with two attached hydrogens (primary N) is 1. The normalized spacial score (nSPS) is 9.80. The number of rotatable bonds is 2. The molecular weight excluding hydrogens is 190 g/mol. The maximum atomic E-state index is 11.5. The van der Waals surface area contributed by atoms with Gasteiger partial charge >= 0.3 is 6.03 Å². The lowest BCUT2D eigenvalue weighted by Crippen LogP contribution is -2.35. The highest BCUT2D eigenvalue weighted by molar-refractivity contribution is 5.73. The van der Waals surface area contributed by atoms with Gasteiger partial charge < -0.3 is 15.5 Å². The van der Waals surface area contributed by atoms with Crippen molar-refractivity contribution in [1.82, 2.24) is 9.80 Å². The first kappa shape index (κ1) is 11.4. The summed E-state index contributed by atoms with van der Waals surface area (Å²) >= 11 is 0. The molecule has 0 aliphatic rings. The molecule has 4 nitrogen and oxygen atoms in total. The van der Waals surface area contributed by atoms with Gasteiger partial charge in [-0.05, 0) is 17.7 Å². The van der Waals surface area contributed by atoms with Crippen molar-refractivity contribution in [1.29, 1.82) is 0 Å². The highest BCUT2D eigenvalue weighted by Gasteiger charge is 2.10. The molecule has 0 saturated carbocycles. The minimum absolute atomic E-state index is 0.00757. The van der Waals surface area contributed by atoms with Gasteiger partial charge in [-0.25, -0.2) is 4.79 Å². The van der Waals surface area contributed by atoms with Crippen molar-refractivity contribution < 1.29 is 4.79 Å². The lowest BCUT2D eigenvalue weighted by Gasteiger charge is -2.21. The number of amides is 2. The molecule has 0 unspecified atom stereocenters. The van der Waals surface area contributed by atoms with E-state index in [1.807, 2.05) is 24.3 Å². The summed E-state index contributed by atoms with van der Waals surface area (Å²) in [6.07, 6.45) is 0. The molecule has 2 amide bonds. The third-order valence-electron chi connectivity index (χ3n) is 2.11. The zero-order valence-electron chi connectivity index (χ0n) is 9.40. The van der Waals surface area contributed by atoms with Gasteiger partial charge in [0.2, 0.25) is 0 Å². The third kappa shape index (κ3) is 3.16. The molecule has 0 aliphatic carbocycles. The third-order valence-corrected chi connectivity index (χ3v) is 2.11. The van der Waals surface area contributed by atoms with Crippen LogP contribution in [0.15, 0.2) is 24.3 Å². The molecule has 0 atom stereocenters. The van der Waals surface area contributed by atoms with Gasteiger partial charge in [0.25, 0.3) is 0 Å². The van der Waals surface area contributed by atoms with Gasteiger partial charge in [-0.1, -0.05) is 12.1 Å². The van der Waals surface area contributed by atoms with E-state index >= 15 is 0 Å². The Balaban J connectivity index is 2.62. The summed E-state index contributed by atoms with van der Waals surface area (Å²) in [5.74, 6) is 0. The van der Waals surface area contributed by atoms with E-state index in [0.29, 0.717) is 6.54 Å². The Morgan fingerprint density at radius 3 is 2.20 bits per heavy atom. The molecule has 15 heavy (non-hydrogen) atoms. The van der Waals surface area contributed by atoms with Crippen molar-refractivity contribution in [3.63, 3.8) is 0 Å². The maximum absolute atomic E-state index is 11.5. The van der Waals surface area contributed by atoms with Crippen LogP contribution in [0.25, 0.3) is 0 Å². The SMILES string of the molecule is CN(C)C(=O)N(C)Cc1ccc(N)cc1. The second-order valence-corrected chi connectivity index (χ2v) is 3.77. The van der Waals surface area contributed by atoms with Crippen LogP contribution >= 0.6 is 0 Å². The Hall–Kier alpha value is -1.71. The van der Waals surface area contributed by atoms with E-state index < -0.39 is 0 Å². The Morgan fingerprint density at radius 2 is 1.73 bits per heavy atom. The van der Waals surface area contributed by atoms with Gasteiger partial charge in [0.1, 0.15) is 0 Å². The van der Waals surface area contributed by atoms with Crippen molar-refractivity contribution in [2.24, 2.45) is 0 Å². The molecule has 0 bridgehead atoms. The molecule has 0 aliphatic heterocycles. The number of carbonyl (C=O) groups is 1. The van der Waals surface area contributed by atoms with Gasteiger partial charge in [-0.2, -0.15) is 0 Å². The summed E-state index contributed by atoms with van der Waals surface area (Å²) in [5, 5.41) is 0. The Labute approximate surface area is 90.3 Å². The number of anilines is 1. The predicted octanol–water partition coefficient (Wildman–Crippen LogP) is 1.38. The summed E-state index contributed by atoms with van der Waals surface area (Å²) < 4.78 is 0. The molecule has 0 fully saturated rings. The van der Waals surface area contributed by atoms with Gasteiger partial charge in [-0.3, -0.25) is 0 Å². The highest BCUT2D eigenvalue weighted by Crippen LogP contribution is 2.08. The first-order chi connectivity index (χ1) is 7.00. The summed E-state index contributed by atoms with van der Waals surface area (Å²) in [6, 6.07) is 7.52. The van der Waals surface area contributed by atoms with Crippen LogP contribution in [-0.4, -0.2) is 37.0 Å². The van der Waals surface area contributed by atoms with Crippen molar-refractivity contribution in [3.05, 3.63) is 29.8 Å². The number of benzene rings is 1. The van der Waals surface area contributed by atoms with Crippen LogP contribution in [0.2, 0.25) is 0 Å². The van der Waals surface area contributed by atoms with E-state index in [1.54, 1.807) is 30.9 Å². The number of urea groups is 1. The van der Waals surface area contributed by atoms with Gasteiger partial charge in [0.15, 0.2) is 0 Å². The van der Waals surface area contributed by atoms with E-state index in [4.69, 9.17) is 5.73 Å². The van der Waals surface area contributed by atoms with Crippen LogP contribution in [0, 0.1) is 0 Å². The van der Waals surface area contributed by atoms with Crippen molar-refractivity contribution in [2.45, 2.75) is 6.54 Å². The van der Waals surface area contributed by atoms with Gasteiger partial charge in [-0.15, -0.1) is 0 Å². The van der Waals surface area contributed by atoms with E-state index in [0.717, 1.165) is 11.3 Å². The topological polar surface area (TPSA) is 49.6 Å². The Morgan fingerprint density at radius 1 is 1.20 bits per heavy atom. The quantitative estimate of drug-likeness (QED) is 0.745. The predicted molar refractivity (Wildman–Crippen MR) is 61.4 cm³/mol. The van der Waals surface area contributed by atoms with E-state index in [-0.39, 0.29) is 6.03 Å². The molecule has 2 N–H and O–H groups in total. The Bertz CT molecular complexity index is 332. The molecule has 1 rings (SSSR count). The van der Waals surface area contributed by atoms with Crippen LogP contribution in [0.3, 0.4) is 0 Å². The van der Waals surface area contributed by atoms with Crippen molar-refractivity contribution in [2.75, 3.05) is 26.9 Å². The van der Waals surface area contributed by atoms with Crippen LogP contribution in [0.5, 0.6) is 0 Å². The molecule has 0 radical (unpaired) electrons. The van der Waals surface area contributed by atoms with E-state index in [1.165, 1.54) is 0 Å². The number of nitrogens with zero attached hydrogens (tertiary/aromatic N) is 2. The summed E-state index contributed by atoms with van der Waals surface area (Å²) in [5.41, 5.74) is 7.38. The fraction of sp³-hybridized carbons (Fsp3) is 0.364. The first-order valence-corrected chi connectivity index (χ1v) is 4.77. The monoisotopic (exact) mass is 207 g/mol. The summed E-state index contributed by atoms with van der Waals surface area (Å²) in [4.78, 5) is 14.8. The smallest absolute Gasteiger partial charge is 0.319 e. The van der Waals surface area contributed by atoms with Crippen molar-refractivity contribution in [3.8, 4) is 0 Å². The minimum Gasteiger partial charge on any atom is -0.399 e. The Kier molecular flexibility index (Phi) is 3.55. The standard InChI is InChI=1S/C11H17N3O/c1-13(2)11(15)14(3)8-9-4-6-10(12)7-5-9/h4-7H,8,12H2,1-3H3. The fourth-order valence-electron chi connectivity index (χ4n) is 1.31. The zero-order valence-corrected chi connectivity index (χ0v) is 9.40. The average Bonchev–Trinajstić information content (AvgIpc) is 2.20. The van der Waals surface area contributed by atoms with Crippen molar-refractivity contribution >= 4 is 11.7 Å². The molecule has 1 aromatic carbocycles. The molecular formula is C11H17N3O. The number of carbonyl (C=O) groups excluding carboxylic acids is 1.